The maximum absolute atomic E-state index is 13.3. The number of nitrogens with one attached hydrogen (secondary N) is 1. The van der Waals surface area contributed by atoms with Crippen molar-refractivity contribution >= 4 is 11.9 Å². The van der Waals surface area contributed by atoms with E-state index >= 15 is 0 Å². The molecule has 2 aliphatic rings. The standard InChI is InChI=1S/C18H22FNO4/c19-14-3-1-2-12(8-14)13(10-21)9-20-15(22)17-4-6-18(11-17,7-5-17)16(23)24/h1-3,8,13,21H,4-7,9-11H2,(H,20,22)(H,23,24). The van der Waals surface area contributed by atoms with Crippen LogP contribution in [0, 0.1) is 16.6 Å². The third kappa shape index (κ3) is 2.79. The Morgan fingerprint density at radius 1 is 1.21 bits per heavy atom. The summed E-state index contributed by atoms with van der Waals surface area (Å²) in [6.45, 7) is 0.0103. The maximum atomic E-state index is 13.3. The molecule has 130 valence electrons. The molecule has 3 rings (SSSR count). The zero-order chi connectivity index (χ0) is 17.4. The van der Waals surface area contributed by atoms with Gasteiger partial charge in [0.05, 0.1) is 17.4 Å². The van der Waals surface area contributed by atoms with Crippen LogP contribution in [0.1, 0.15) is 43.6 Å². The van der Waals surface area contributed by atoms with Gasteiger partial charge in [-0.05, 0) is 49.8 Å². The van der Waals surface area contributed by atoms with E-state index in [0.717, 1.165) is 0 Å². The molecule has 0 spiro atoms. The lowest BCUT2D eigenvalue weighted by Gasteiger charge is -2.26. The molecular formula is C18H22FNO4. The van der Waals surface area contributed by atoms with E-state index < -0.39 is 16.8 Å². The Hall–Kier alpha value is -1.95. The van der Waals surface area contributed by atoms with Crippen molar-refractivity contribution in [1.29, 1.82) is 0 Å². The van der Waals surface area contributed by atoms with Gasteiger partial charge in [-0.1, -0.05) is 12.1 Å². The molecule has 2 saturated carbocycles. The number of fused-ring (bicyclic) bond motifs is 2. The van der Waals surface area contributed by atoms with E-state index in [9.17, 15) is 24.2 Å². The molecule has 1 amide bonds. The summed E-state index contributed by atoms with van der Waals surface area (Å²) in [7, 11) is 0. The van der Waals surface area contributed by atoms with E-state index in [1.807, 2.05) is 0 Å². The molecule has 24 heavy (non-hydrogen) atoms. The van der Waals surface area contributed by atoms with Gasteiger partial charge in [-0.2, -0.15) is 0 Å². The zero-order valence-corrected chi connectivity index (χ0v) is 13.4. The molecule has 0 heterocycles. The van der Waals surface area contributed by atoms with Crippen LogP contribution in [0.5, 0.6) is 0 Å². The molecule has 0 saturated heterocycles. The lowest BCUT2D eigenvalue weighted by Crippen LogP contribution is -2.40. The fourth-order valence-corrected chi connectivity index (χ4v) is 4.26. The normalized spacial score (nSPS) is 29.4. The first-order valence-corrected chi connectivity index (χ1v) is 8.29. The van der Waals surface area contributed by atoms with Crippen molar-refractivity contribution in [3.63, 3.8) is 0 Å². The number of rotatable bonds is 6. The number of hydrogen-bond donors (Lipinski definition) is 3. The number of aliphatic carboxylic acids is 1. The number of aliphatic hydroxyl groups is 1. The summed E-state index contributed by atoms with van der Waals surface area (Å²) < 4.78 is 13.3. The SMILES string of the molecule is O=C(O)C12CCC(C(=O)NCC(CO)c3cccc(F)c3)(CC1)C2. The molecule has 2 bridgehead atoms. The van der Waals surface area contributed by atoms with Crippen molar-refractivity contribution in [2.75, 3.05) is 13.2 Å². The summed E-state index contributed by atoms with van der Waals surface area (Å²) in [5, 5.41) is 21.8. The average molecular weight is 335 g/mol. The van der Waals surface area contributed by atoms with E-state index in [-0.39, 0.29) is 30.8 Å². The van der Waals surface area contributed by atoms with Crippen molar-refractivity contribution in [2.45, 2.75) is 38.0 Å². The predicted molar refractivity (Wildman–Crippen MR) is 84.8 cm³/mol. The van der Waals surface area contributed by atoms with Gasteiger partial charge in [0, 0.05) is 12.5 Å². The Morgan fingerprint density at radius 2 is 1.88 bits per heavy atom. The van der Waals surface area contributed by atoms with Crippen molar-refractivity contribution in [3.05, 3.63) is 35.6 Å². The zero-order valence-electron chi connectivity index (χ0n) is 13.4. The van der Waals surface area contributed by atoms with Crippen LogP contribution in [0.15, 0.2) is 24.3 Å². The summed E-state index contributed by atoms with van der Waals surface area (Å²) in [4.78, 5) is 24.1. The minimum atomic E-state index is -0.803. The molecule has 3 N–H and O–H groups in total. The van der Waals surface area contributed by atoms with Crippen LogP contribution < -0.4 is 5.32 Å². The average Bonchev–Trinajstić information content (AvgIpc) is 3.14. The number of carboxylic acid groups (broad SMARTS) is 1. The van der Waals surface area contributed by atoms with Gasteiger partial charge in [0.1, 0.15) is 5.82 Å². The number of benzene rings is 1. The molecule has 1 atom stereocenters. The molecule has 1 aromatic rings. The number of carbonyl (C=O) groups excluding carboxylic acids is 1. The first kappa shape index (κ1) is 16.9. The second-order valence-corrected chi connectivity index (χ2v) is 7.19. The highest BCUT2D eigenvalue weighted by Gasteiger charge is 2.61. The Morgan fingerprint density at radius 3 is 2.42 bits per heavy atom. The van der Waals surface area contributed by atoms with E-state index in [4.69, 9.17) is 0 Å². The fourth-order valence-electron chi connectivity index (χ4n) is 4.26. The van der Waals surface area contributed by atoms with Gasteiger partial charge >= 0.3 is 5.97 Å². The molecule has 6 heteroatoms. The number of hydrogen-bond acceptors (Lipinski definition) is 3. The smallest absolute Gasteiger partial charge is 0.309 e. The Kier molecular flexibility index (Phi) is 4.34. The van der Waals surface area contributed by atoms with Crippen molar-refractivity contribution < 1.29 is 24.2 Å². The van der Waals surface area contributed by atoms with Gasteiger partial charge in [0.15, 0.2) is 0 Å². The minimum Gasteiger partial charge on any atom is -0.481 e. The lowest BCUT2D eigenvalue weighted by atomic mass is 9.81. The molecule has 1 aromatic carbocycles. The van der Waals surface area contributed by atoms with Crippen LogP contribution >= 0.6 is 0 Å². The highest BCUT2D eigenvalue weighted by atomic mass is 19.1. The molecule has 1 unspecified atom stereocenters. The number of amides is 1. The summed E-state index contributed by atoms with van der Waals surface area (Å²) in [5.74, 6) is -1.71. The molecule has 5 nitrogen and oxygen atoms in total. The molecule has 0 aliphatic heterocycles. The van der Waals surface area contributed by atoms with Crippen LogP contribution in [0.2, 0.25) is 0 Å². The van der Waals surface area contributed by atoms with E-state index in [1.165, 1.54) is 12.1 Å². The highest BCUT2D eigenvalue weighted by Crippen LogP contribution is 2.61. The van der Waals surface area contributed by atoms with Gasteiger partial charge in [-0.3, -0.25) is 9.59 Å². The number of halogens is 1. The molecule has 0 aromatic heterocycles. The van der Waals surface area contributed by atoms with Gasteiger partial charge in [0.2, 0.25) is 5.91 Å². The lowest BCUT2D eigenvalue weighted by molar-refractivity contribution is -0.148. The second kappa shape index (κ2) is 6.16. The number of carboxylic acids is 1. The minimum absolute atomic E-state index is 0.141. The van der Waals surface area contributed by atoms with Gasteiger partial charge in [-0.25, -0.2) is 4.39 Å². The van der Waals surface area contributed by atoms with Crippen LogP contribution in [-0.2, 0) is 9.59 Å². The monoisotopic (exact) mass is 335 g/mol. The summed E-state index contributed by atoms with van der Waals surface area (Å²) in [6.07, 6.45) is 2.67. The molecule has 0 radical (unpaired) electrons. The van der Waals surface area contributed by atoms with Gasteiger partial charge < -0.3 is 15.5 Å². The Bertz CT molecular complexity index is 652. The topological polar surface area (TPSA) is 86.6 Å². The van der Waals surface area contributed by atoms with Crippen LogP contribution in [0.25, 0.3) is 0 Å². The predicted octanol–water partition coefficient (Wildman–Crippen LogP) is 2.05. The first-order chi connectivity index (χ1) is 11.4. The molecular weight excluding hydrogens is 313 g/mol. The molecule has 2 fully saturated rings. The second-order valence-electron chi connectivity index (χ2n) is 7.19. The number of aliphatic hydroxyl groups excluding tert-OH is 1. The third-order valence-corrected chi connectivity index (χ3v) is 5.83. The van der Waals surface area contributed by atoms with Crippen LogP contribution in [-0.4, -0.2) is 35.2 Å². The first-order valence-electron chi connectivity index (χ1n) is 8.29. The van der Waals surface area contributed by atoms with Crippen molar-refractivity contribution in [1.82, 2.24) is 5.32 Å². The molecule has 2 aliphatic carbocycles. The largest absolute Gasteiger partial charge is 0.481 e. The van der Waals surface area contributed by atoms with Crippen LogP contribution in [0.4, 0.5) is 4.39 Å². The van der Waals surface area contributed by atoms with E-state index in [0.29, 0.717) is 37.7 Å². The third-order valence-electron chi connectivity index (χ3n) is 5.83. The summed E-state index contributed by atoms with van der Waals surface area (Å²) in [6, 6.07) is 5.97. The quantitative estimate of drug-likeness (QED) is 0.743. The van der Waals surface area contributed by atoms with E-state index in [1.54, 1.807) is 12.1 Å². The Balaban J connectivity index is 1.64. The summed E-state index contributed by atoms with van der Waals surface area (Å²) in [5.41, 5.74) is -0.704. The van der Waals surface area contributed by atoms with Gasteiger partial charge in [-0.15, -0.1) is 0 Å². The maximum Gasteiger partial charge on any atom is 0.309 e. The van der Waals surface area contributed by atoms with Crippen molar-refractivity contribution in [3.8, 4) is 0 Å². The highest BCUT2D eigenvalue weighted by molar-refractivity contribution is 5.87. The van der Waals surface area contributed by atoms with Crippen LogP contribution in [0.3, 0.4) is 0 Å². The number of carbonyl (C=O) groups is 2. The van der Waals surface area contributed by atoms with E-state index in [2.05, 4.69) is 5.32 Å². The van der Waals surface area contributed by atoms with Crippen molar-refractivity contribution in [2.24, 2.45) is 10.8 Å². The summed E-state index contributed by atoms with van der Waals surface area (Å²) >= 11 is 0. The Labute approximate surface area is 139 Å². The van der Waals surface area contributed by atoms with Gasteiger partial charge in [0.25, 0.3) is 0 Å². The fraction of sp³-hybridized carbons (Fsp3) is 0.556.